The molecule has 0 atom stereocenters. The van der Waals surface area contributed by atoms with Crippen molar-refractivity contribution in [2.24, 2.45) is 0 Å². The molecular formula is C11H9F11O2. The molecule has 0 heterocycles. The molecule has 0 N–H and O–H groups in total. The molecule has 2 nitrogen and oxygen atoms in total. The molecule has 142 valence electrons. The maximum absolute atomic E-state index is 13.4. The number of hydrogen-bond donors (Lipinski definition) is 0. The van der Waals surface area contributed by atoms with E-state index in [1.165, 1.54) is 6.92 Å². The summed E-state index contributed by atoms with van der Waals surface area (Å²) in [6.07, 6.45) is -7.29. The Morgan fingerprint density at radius 3 is 1.58 bits per heavy atom. The molecule has 0 amide bonds. The van der Waals surface area contributed by atoms with Crippen molar-refractivity contribution < 1.29 is 57.8 Å². The van der Waals surface area contributed by atoms with Gasteiger partial charge in [-0.3, -0.25) is 0 Å². The Balaban J connectivity index is 5.93. The molecule has 0 saturated carbocycles. The first-order valence-electron chi connectivity index (χ1n) is 5.84. The normalized spacial score (nSPS) is 14.5. The van der Waals surface area contributed by atoms with Gasteiger partial charge in [0.2, 0.25) is 0 Å². The fourth-order valence-electron chi connectivity index (χ4n) is 1.17. The van der Waals surface area contributed by atoms with Crippen molar-refractivity contribution in [1.82, 2.24) is 0 Å². The summed E-state index contributed by atoms with van der Waals surface area (Å²) in [5, 5.41) is 0. The van der Waals surface area contributed by atoms with Gasteiger partial charge in [-0.25, -0.2) is 4.79 Å². The second-order valence-corrected chi connectivity index (χ2v) is 4.41. The van der Waals surface area contributed by atoms with Gasteiger partial charge in [-0.15, -0.1) is 0 Å². The van der Waals surface area contributed by atoms with E-state index in [4.69, 9.17) is 0 Å². The van der Waals surface area contributed by atoms with Crippen molar-refractivity contribution in [3.63, 3.8) is 0 Å². The van der Waals surface area contributed by atoms with E-state index in [1.807, 2.05) is 6.58 Å². The van der Waals surface area contributed by atoms with Crippen LogP contribution >= 0.6 is 0 Å². The smallest absolute Gasteiger partial charge is 0.460 e. The van der Waals surface area contributed by atoms with Crippen LogP contribution in [0.5, 0.6) is 0 Å². The molecule has 0 aliphatic heterocycles. The summed E-state index contributed by atoms with van der Waals surface area (Å²) in [5.74, 6) is -31.2. The Morgan fingerprint density at radius 2 is 1.25 bits per heavy atom. The number of hydrogen-bond acceptors (Lipinski definition) is 2. The van der Waals surface area contributed by atoms with E-state index >= 15 is 0 Å². The maximum atomic E-state index is 13.4. The Morgan fingerprint density at radius 1 is 0.833 bits per heavy atom. The van der Waals surface area contributed by atoms with Crippen molar-refractivity contribution in [2.45, 2.75) is 43.2 Å². The van der Waals surface area contributed by atoms with Crippen LogP contribution in [0.15, 0.2) is 12.2 Å². The molecule has 0 saturated heterocycles. The molecule has 0 bridgehead atoms. The molecule has 24 heavy (non-hydrogen) atoms. The molecule has 0 spiro atoms. The second-order valence-electron chi connectivity index (χ2n) is 4.41. The minimum absolute atomic E-state index is 0.0245. The van der Waals surface area contributed by atoms with E-state index in [2.05, 4.69) is 4.74 Å². The Labute approximate surface area is 127 Å². The van der Waals surface area contributed by atoms with Gasteiger partial charge < -0.3 is 4.74 Å². The zero-order valence-corrected chi connectivity index (χ0v) is 11.6. The number of rotatable bonds is 7. The summed E-state index contributed by atoms with van der Waals surface area (Å²) < 4.78 is 144. The molecule has 0 aliphatic carbocycles. The van der Waals surface area contributed by atoms with E-state index in [9.17, 15) is 53.1 Å². The summed E-state index contributed by atoms with van der Waals surface area (Å²) in [5.41, 5.74) is -2.70. The SMILES string of the molecule is C=C(C(=O)OCCC)C(F)(F)C(F)(F)C(F)(F)C(F)(F)C(F)(F)F. The molecule has 0 radical (unpaired) electrons. The lowest BCUT2D eigenvalue weighted by molar-refractivity contribution is -0.417. The van der Waals surface area contributed by atoms with Crippen molar-refractivity contribution in [3.8, 4) is 0 Å². The van der Waals surface area contributed by atoms with Crippen LogP contribution in [-0.2, 0) is 9.53 Å². The van der Waals surface area contributed by atoms with E-state index in [0.29, 0.717) is 0 Å². The van der Waals surface area contributed by atoms with Crippen molar-refractivity contribution in [1.29, 1.82) is 0 Å². The number of esters is 1. The predicted octanol–water partition coefficient (Wildman–Crippen LogP) is 4.60. The van der Waals surface area contributed by atoms with Crippen LogP contribution in [-0.4, -0.2) is 42.4 Å². The van der Waals surface area contributed by atoms with Gasteiger partial charge in [0.05, 0.1) is 6.61 Å². The average molecular weight is 382 g/mol. The van der Waals surface area contributed by atoms with Crippen molar-refractivity contribution in [3.05, 3.63) is 12.2 Å². The zero-order chi connectivity index (χ0) is 19.8. The Kier molecular flexibility index (Phi) is 5.97. The van der Waals surface area contributed by atoms with Crippen LogP contribution in [0.2, 0.25) is 0 Å². The third-order valence-electron chi connectivity index (χ3n) is 2.60. The highest BCUT2D eigenvalue weighted by Crippen LogP contribution is 2.58. The molecule has 0 aliphatic rings. The average Bonchev–Trinajstić information content (AvgIpc) is 2.41. The fourth-order valence-corrected chi connectivity index (χ4v) is 1.17. The highest BCUT2D eigenvalue weighted by atomic mass is 19.4. The first-order chi connectivity index (χ1) is 10.4. The number of carbonyl (C=O) groups excluding carboxylic acids is 1. The molecule has 0 fully saturated rings. The van der Waals surface area contributed by atoms with Crippen LogP contribution in [0.25, 0.3) is 0 Å². The van der Waals surface area contributed by atoms with Gasteiger partial charge in [0, 0.05) is 0 Å². The van der Waals surface area contributed by atoms with Crippen LogP contribution in [0.3, 0.4) is 0 Å². The lowest BCUT2D eigenvalue weighted by atomic mass is 9.94. The highest BCUT2D eigenvalue weighted by molar-refractivity contribution is 5.90. The number of ether oxygens (including phenoxy) is 1. The Hall–Kier alpha value is -1.56. The van der Waals surface area contributed by atoms with Crippen LogP contribution in [0, 0.1) is 0 Å². The summed E-state index contributed by atoms with van der Waals surface area (Å²) in [6, 6.07) is 0. The molecule has 0 aromatic heterocycles. The zero-order valence-electron chi connectivity index (χ0n) is 11.6. The van der Waals surface area contributed by atoms with Gasteiger partial charge >= 0.3 is 35.8 Å². The van der Waals surface area contributed by atoms with E-state index in [1.54, 1.807) is 0 Å². The van der Waals surface area contributed by atoms with Crippen LogP contribution in [0.4, 0.5) is 48.3 Å². The molecule has 0 aromatic rings. The number of carbonyl (C=O) groups is 1. The predicted molar refractivity (Wildman–Crippen MR) is 56.2 cm³/mol. The van der Waals surface area contributed by atoms with E-state index in [-0.39, 0.29) is 6.42 Å². The second kappa shape index (κ2) is 6.39. The van der Waals surface area contributed by atoms with Gasteiger partial charge in [-0.1, -0.05) is 13.5 Å². The first kappa shape index (κ1) is 22.4. The number of halogens is 11. The molecule has 0 unspecified atom stereocenters. The summed E-state index contributed by atoms with van der Waals surface area (Å²) >= 11 is 0. The number of alkyl halides is 11. The topological polar surface area (TPSA) is 26.3 Å². The Bertz CT molecular complexity index is 493. The quantitative estimate of drug-likeness (QED) is 0.366. The molecule has 13 heteroatoms. The molecule has 0 aromatic carbocycles. The lowest BCUT2D eigenvalue weighted by Crippen LogP contribution is -2.67. The van der Waals surface area contributed by atoms with Gasteiger partial charge in [0.1, 0.15) is 5.57 Å². The standard InChI is InChI=1S/C11H9F11O2/c1-3-4-24-6(23)5(2)7(12,13)8(14,15)9(16,17)10(18,19)11(20,21)22/h2-4H2,1H3. The summed E-state index contributed by atoms with van der Waals surface area (Å²) in [6.45, 7) is 2.72. The van der Waals surface area contributed by atoms with Gasteiger partial charge in [-0.2, -0.15) is 48.3 Å². The van der Waals surface area contributed by atoms with E-state index in [0.717, 1.165) is 0 Å². The summed E-state index contributed by atoms with van der Waals surface area (Å²) in [4.78, 5) is 11.0. The monoisotopic (exact) mass is 382 g/mol. The summed E-state index contributed by atoms with van der Waals surface area (Å²) in [7, 11) is 0. The van der Waals surface area contributed by atoms with Crippen LogP contribution < -0.4 is 0 Å². The van der Waals surface area contributed by atoms with Crippen molar-refractivity contribution in [2.75, 3.05) is 6.61 Å². The molecular weight excluding hydrogens is 373 g/mol. The first-order valence-corrected chi connectivity index (χ1v) is 5.84. The largest absolute Gasteiger partial charge is 0.462 e. The third kappa shape index (κ3) is 3.29. The minimum atomic E-state index is -7.59. The highest BCUT2D eigenvalue weighted by Gasteiger charge is 2.87. The van der Waals surface area contributed by atoms with Gasteiger partial charge in [0.15, 0.2) is 0 Å². The third-order valence-corrected chi connectivity index (χ3v) is 2.60. The van der Waals surface area contributed by atoms with Gasteiger partial charge in [-0.05, 0) is 6.42 Å². The van der Waals surface area contributed by atoms with E-state index < -0.39 is 48.0 Å². The lowest BCUT2D eigenvalue weighted by Gasteiger charge is -2.37. The van der Waals surface area contributed by atoms with Crippen molar-refractivity contribution >= 4 is 5.97 Å². The molecule has 0 rings (SSSR count). The fraction of sp³-hybridized carbons (Fsp3) is 0.727. The maximum Gasteiger partial charge on any atom is 0.460 e. The minimum Gasteiger partial charge on any atom is -0.462 e. The van der Waals surface area contributed by atoms with Gasteiger partial charge in [0.25, 0.3) is 0 Å². The van der Waals surface area contributed by atoms with Crippen LogP contribution in [0.1, 0.15) is 13.3 Å².